The summed E-state index contributed by atoms with van der Waals surface area (Å²) in [5.74, 6) is 1.17. The van der Waals surface area contributed by atoms with Crippen LogP contribution >= 0.6 is 0 Å². The summed E-state index contributed by atoms with van der Waals surface area (Å²) >= 11 is 0. The van der Waals surface area contributed by atoms with Crippen molar-refractivity contribution in [2.45, 2.75) is 32.1 Å². The Morgan fingerprint density at radius 1 is 1.47 bits per heavy atom. The van der Waals surface area contributed by atoms with E-state index in [-0.39, 0.29) is 0 Å². The fourth-order valence-corrected chi connectivity index (χ4v) is 2.35. The molecule has 1 aliphatic carbocycles. The molecule has 0 heterocycles. The molecule has 0 aromatic heterocycles. The standard InChI is InChI=1S/C13H18N2/c1-2-15-13(14)12-9-5-7-10-6-3-4-8-11(10)12/h3-4,6,8,12H,2,5,7,9H2,1H3,(H2,14,15). The highest BCUT2D eigenvalue weighted by Gasteiger charge is 2.22. The van der Waals surface area contributed by atoms with Crippen molar-refractivity contribution in [3.8, 4) is 0 Å². The summed E-state index contributed by atoms with van der Waals surface area (Å²) in [6.45, 7) is 2.81. The zero-order chi connectivity index (χ0) is 10.7. The molecule has 1 unspecified atom stereocenters. The van der Waals surface area contributed by atoms with Gasteiger partial charge in [0, 0.05) is 12.5 Å². The summed E-state index contributed by atoms with van der Waals surface area (Å²) in [5, 5.41) is 0. The van der Waals surface area contributed by atoms with Crippen LogP contribution < -0.4 is 5.73 Å². The predicted octanol–water partition coefficient (Wildman–Crippen LogP) is 2.48. The lowest BCUT2D eigenvalue weighted by atomic mass is 9.82. The van der Waals surface area contributed by atoms with E-state index in [1.807, 2.05) is 6.92 Å². The summed E-state index contributed by atoms with van der Waals surface area (Å²) in [6.07, 6.45) is 3.56. The van der Waals surface area contributed by atoms with Crippen molar-refractivity contribution in [3.05, 3.63) is 35.4 Å². The van der Waals surface area contributed by atoms with Crippen LogP contribution in [-0.2, 0) is 6.42 Å². The second-order valence-electron chi connectivity index (χ2n) is 4.04. The number of rotatable bonds is 2. The van der Waals surface area contributed by atoms with Crippen molar-refractivity contribution >= 4 is 5.84 Å². The van der Waals surface area contributed by atoms with Gasteiger partial charge in [0.15, 0.2) is 0 Å². The van der Waals surface area contributed by atoms with Gasteiger partial charge in [0.2, 0.25) is 0 Å². The van der Waals surface area contributed by atoms with Crippen molar-refractivity contribution < 1.29 is 0 Å². The maximum Gasteiger partial charge on any atom is 0.101 e. The first-order chi connectivity index (χ1) is 7.33. The van der Waals surface area contributed by atoms with E-state index in [4.69, 9.17) is 5.73 Å². The number of aliphatic imine (C=N–C) groups is 1. The van der Waals surface area contributed by atoms with E-state index in [2.05, 4.69) is 29.3 Å². The van der Waals surface area contributed by atoms with E-state index in [0.717, 1.165) is 18.8 Å². The molecule has 0 saturated heterocycles. The Morgan fingerprint density at radius 2 is 2.27 bits per heavy atom. The van der Waals surface area contributed by atoms with Crippen molar-refractivity contribution in [2.24, 2.45) is 10.7 Å². The van der Waals surface area contributed by atoms with Gasteiger partial charge in [-0.1, -0.05) is 24.3 Å². The highest BCUT2D eigenvalue weighted by molar-refractivity contribution is 5.88. The van der Waals surface area contributed by atoms with Gasteiger partial charge in [-0.2, -0.15) is 0 Å². The fraction of sp³-hybridized carbons (Fsp3) is 0.462. The van der Waals surface area contributed by atoms with Gasteiger partial charge < -0.3 is 5.73 Å². The Balaban J connectivity index is 2.33. The third kappa shape index (κ3) is 2.04. The maximum atomic E-state index is 6.02. The molecule has 0 amide bonds. The summed E-state index contributed by atoms with van der Waals surface area (Å²) in [4.78, 5) is 4.34. The van der Waals surface area contributed by atoms with Crippen molar-refractivity contribution in [1.82, 2.24) is 0 Å². The van der Waals surface area contributed by atoms with Crippen molar-refractivity contribution in [1.29, 1.82) is 0 Å². The molecule has 0 spiro atoms. The largest absolute Gasteiger partial charge is 0.387 e. The minimum atomic E-state index is 0.356. The molecule has 15 heavy (non-hydrogen) atoms. The van der Waals surface area contributed by atoms with Crippen LogP contribution in [-0.4, -0.2) is 12.4 Å². The van der Waals surface area contributed by atoms with Crippen LogP contribution in [0.25, 0.3) is 0 Å². The number of nitrogens with zero attached hydrogens (tertiary/aromatic N) is 1. The van der Waals surface area contributed by atoms with E-state index < -0.39 is 0 Å². The zero-order valence-electron chi connectivity index (χ0n) is 9.24. The zero-order valence-corrected chi connectivity index (χ0v) is 9.24. The Hall–Kier alpha value is -1.31. The van der Waals surface area contributed by atoms with E-state index in [1.165, 1.54) is 24.0 Å². The van der Waals surface area contributed by atoms with Crippen LogP contribution in [0.15, 0.2) is 29.3 Å². The molecule has 2 N–H and O–H groups in total. The Bertz CT molecular complexity index is 369. The average Bonchev–Trinajstić information content (AvgIpc) is 2.28. The third-order valence-electron chi connectivity index (χ3n) is 3.07. The van der Waals surface area contributed by atoms with E-state index in [9.17, 15) is 0 Å². The molecule has 0 radical (unpaired) electrons. The molecule has 1 aromatic carbocycles. The Labute approximate surface area is 91.2 Å². The molecule has 2 nitrogen and oxygen atoms in total. The molecule has 2 heteroatoms. The number of nitrogens with two attached hydrogens (primary N) is 1. The third-order valence-corrected chi connectivity index (χ3v) is 3.07. The summed E-state index contributed by atoms with van der Waals surface area (Å²) in [7, 11) is 0. The van der Waals surface area contributed by atoms with Gasteiger partial charge in [-0.3, -0.25) is 4.99 Å². The molecule has 80 valence electrons. The number of fused-ring (bicyclic) bond motifs is 1. The van der Waals surface area contributed by atoms with E-state index >= 15 is 0 Å². The SMILES string of the molecule is CCN=C(N)C1CCCc2ccccc21. The lowest BCUT2D eigenvalue weighted by molar-refractivity contribution is 0.645. The molecule has 0 saturated carbocycles. The molecular weight excluding hydrogens is 184 g/mol. The molecule has 0 fully saturated rings. The van der Waals surface area contributed by atoms with Gasteiger partial charge in [0.25, 0.3) is 0 Å². The highest BCUT2D eigenvalue weighted by Crippen LogP contribution is 2.31. The molecule has 1 atom stereocenters. The second kappa shape index (κ2) is 4.47. The fourth-order valence-electron chi connectivity index (χ4n) is 2.35. The smallest absolute Gasteiger partial charge is 0.101 e. The van der Waals surface area contributed by atoms with Crippen LogP contribution in [0.5, 0.6) is 0 Å². The summed E-state index contributed by atoms with van der Waals surface area (Å²) in [5.41, 5.74) is 8.86. The molecule has 2 rings (SSSR count). The van der Waals surface area contributed by atoms with Gasteiger partial charge in [-0.05, 0) is 37.3 Å². The van der Waals surface area contributed by atoms with E-state index in [1.54, 1.807) is 0 Å². The van der Waals surface area contributed by atoms with Crippen LogP contribution in [0, 0.1) is 0 Å². The Morgan fingerprint density at radius 3 is 3.07 bits per heavy atom. The first-order valence-electron chi connectivity index (χ1n) is 5.70. The van der Waals surface area contributed by atoms with Crippen LogP contribution in [0.1, 0.15) is 36.8 Å². The van der Waals surface area contributed by atoms with E-state index in [0.29, 0.717) is 5.92 Å². The second-order valence-corrected chi connectivity index (χ2v) is 4.04. The van der Waals surface area contributed by atoms with Crippen LogP contribution in [0.2, 0.25) is 0 Å². The van der Waals surface area contributed by atoms with Gasteiger partial charge in [-0.15, -0.1) is 0 Å². The molecule has 1 aromatic rings. The molecule has 0 bridgehead atoms. The quantitative estimate of drug-likeness (QED) is 0.580. The number of aryl methyl sites for hydroxylation is 1. The van der Waals surface area contributed by atoms with Crippen molar-refractivity contribution in [2.75, 3.05) is 6.54 Å². The first kappa shape index (κ1) is 10.2. The lowest BCUT2D eigenvalue weighted by Crippen LogP contribution is -2.25. The molecular formula is C13H18N2. The lowest BCUT2D eigenvalue weighted by Gasteiger charge is -2.24. The first-order valence-corrected chi connectivity index (χ1v) is 5.70. The molecule has 0 aliphatic heterocycles. The van der Waals surface area contributed by atoms with Crippen LogP contribution in [0.4, 0.5) is 0 Å². The average molecular weight is 202 g/mol. The number of hydrogen-bond acceptors (Lipinski definition) is 1. The van der Waals surface area contributed by atoms with Gasteiger partial charge in [-0.25, -0.2) is 0 Å². The maximum absolute atomic E-state index is 6.02. The van der Waals surface area contributed by atoms with Gasteiger partial charge in [0.05, 0.1) is 0 Å². The van der Waals surface area contributed by atoms with Crippen molar-refractivity contribution in [3.63, 3.8) is 0 Å². The number of amidine groups is 1. The topological polar surface area (TPSA) is 38.4 Å². The monoisotopic (exact) mass is 202 g/mol. The number of benzene rings is 1. The van der Waals surface area contributed by atoms with Gasteiger partial charge >= 0.3 is 0 Å². The summed E-state index contributed by atoms with van der Waals surface area (Å²) < 4.78 is 0. The minimum Gasteiger partial charge on any atom is -0.387 e. The number of hydrogen-bond donors (Lipinski definition) is 1. The summed E-state index contributed by atoms with van der Waals surface area (Å²) in [6, 6.07) is 8.60. The Kier molecular flexibility index (Phi) is 3.05. The highest BCUT2D eigenvalue weighted by atomic mass is 14.9. The predicted molar refractivity (Wildman–Crippen MR) is 64.3 cm³/mol. The minimum absolute atomic E-state index is 0.356. The van der Waals surface area contributed by atoms with Gasteiger partial charge in [0.1, 0.15) is 5.84 Å². The normalized spacial score (nSPS) is 21.1. The molecule has 1 aliphatic rings. The van der Waals surface area contributed by atoms with Crippen LogP contribution in [0.3, 0.4) is 0 Å².